The Balaban J connectivity index is 1.86. The molecular weight excluding hydrogens is 500 g/mol. The Labute approximate surface area is 228 Å². The highest BCUT2D eigenvalue weighted by Gasteiger charge is 2.38. The van der Waals surface area contributed by atoms with Gasteiger partial charge in [-0.2, -0.15) is 0 Å². The zero-order valence-electron chi connectivity index (χ0n) is 22.4. The lowest BCUT2D eigenvalue weighted by atomic mass is 10.0. The molecule has 10 heteroatoms. The van der Waals surface area contributed by atoms with Gasteiger partial charge in [-0.3, -0.25) is 14.4 Å². The minimum absolute atomic E-state index is 0.0551. The van der Waals surface area contributed by atoms with Crippen molar-refractivity contribution in [2.24, 2.45) is 11.7 Å². The van der Waals surface area contributed by atoms with E-state index in [1.54, 1.807) is 12.1 Å². The van der Waals surface area contributed by atoms with Gasteiger partial charge in [-0.25, -0.2) is 4.79 Å². The van der Waals surface area contributed by atoms with E-state index in [0.29, 0.717) is 24.8 Å². The molecule has 0 bridgehead atoms. The number of phenolic OH excluding ortho intramolecular Hbond substituents is 1. The fraction of sp³-hybridized carbons (Fsp3) is 0.448. The number of benzene rings is 2. The average Bonchev–Trinajstić information content (AvgIpc) is 3.39. The van der Waals surface area contributed by atoms with Crippen LogP contribution in [0.25, 0.3) is 0 Å². The number of carbonyl (C=O) groups is 4. The molecular formula is C29H38N4O6. The Bertz CT molecular complexity index is 1140. The number of likely N-dealkylation sites (tertiary alicyclic amines) is 1. The minimum atomic E-state index is -1.09. The first-order valence-electron chi connectivity index (χ1n) is 13.3. The zero-order valence-corrected chi connectivity index (χ0v) is 22.4. The third-order valence-corrected chi connectivity index (χ3v) is 6.79. The van der Waals surface area contributed by atoms with Crippen LogP contribution in [0.4, 0.5) is 0 Å². The molecule has 1 fully saturated rings. The van der Waals surface area contributed by atoms with Crippen molar-refractivity contribution in [2.45, 2.75) is 70.1 Å². The number of nitrogens with one attached hydrogen (secondary N) is 2. The maximum absolute atomic E-state index is 13.6. The van der Waals surface area contributed by atoms with Crippen LogP contribution in [0.2, 0.25) is 0 Å². The SMILES string of the molecule is CC(C)CC(N)C(=O)NC(Cc1ccccc1)C(=O)NC(Cc1ccc(O)cc1)C(=O)N1CCCC1C(=O)O. The molecule has 3 rings (SSSR count). The summed E-state index contributed by atoms with van der Waals surface area (Å²) in [5, 5.41) is 24.8. The van der Waals surface area contributed by atoms with Crippen LogP contribution in [-0.2, 0) is 32.0 Å². The molecule has 0 aliphatic carbocycles. The lowest BCUT2D eigenvalue weighted by Crippen LogP contribution is -2.58. The second kappa shape index (κ2) is 13.7. The van der Waals surface area contributed by atoms with Crippen molar-refractivity contribution in [3.63, 3.8) is 0 Å². The monoisotopic (exact) mass is 538 g/mol. The van der Waals surface area contributed by atoms with Crippen molar-refractivity contribution < 1.29 is 29.4 Å². The molecule has 2 aromatic rings. The molecule has 0 aromatic heterocycles. The number of carbonyl (C=O) groups excluding carboxylic acids is 3. The Hall–Kier alpha value is -3.92. The topological polar surface area (TPSA) is 162 Å². The molecule has 1 heterocycles. The highest BCUT2D eigenvalue weighted by Crippen LogP contribution is 2.20. The van der Waals surface area contributed by atoms with Crippen molar-refractivity contribution in [1.29, 1.82) is 0 Å². The molecule has 0 saturated carbocycles. The number of phenols is 1. The standard InChI is InChI=1S/C29H38N4O6/c1-18(2)15-22(30)26(35)31-23(16-19-7-4-3-5-8-19)27(36)32-24(17-20-10-12-21(34)13-11-20)28(37)33-14-6-9-25(33)29(38)39/h3-5,7-8,10-13,18,22-25,34H,6,9,14-17,30H2,1-2H3,(H,31,35)(H,32,36)(H,38,39). The van der Waals surface area contributed by atoms with Crippen molar-refractivity contribution in [2.75, 3.05) is 6.54 Å². The van der Waals surface area contributed by atoms with E-state index >= 15 is 0 Å². The molecule has 4 unspecified atom stereocenters. The van der Waals surface area contributed by atoms with Crippen molar-refractivity contribution in [1.82, 2.24) is 15.5 Å². The summed E-state index contributed by atoms with van der Waals surface area (Å²) in [5.41, 5.74) is 7.54. The van der Waals surface area contributed by atoms with E-state index in [2.05, 4.69) is 10.6 Å². The maximum Gasteiger partial charge on any atom is 0.326 e. The van der Waals surface area contributed by atoms with E-state index in [1.807, 2.05) is 44.2 Å². The molecule has 6 N–H and O–H groups in total. The van der Waals surface area contributed by atoms with E-state index in [4.69, 9.17) is 5.73 Å². The molecule has 1 aliphatic heterocycles. The summed E-state index contributed by atoms with van der Waals surface area (Å²) in [6.07, 6.45) is 1.57. The molecule has 3 amide bonds. The van der Waals surface area contributed by atoms with Gasteiger partial charge in [-0.15, -0.1) is 0 Å². The summed E-state index contributed by atoms with van der Waals surface area (Å²) in [5.74, 6) is -2.41. The van der Waals surface area contributed by atoms with Gasteiger partial charge in [0, 0.05) is 19.4 Å². The fourth-order valence-electron chi connectivity index (χ4n) is 4.78. The normalized spacial score (nSPS) is 17.3. The number of carboxylic acid groups (broad SMARTS) is 1. The predicted molar refractivity (Wildman–Crippen MR) is 146 cm³/mol. The quantitative estimate of drug-likeness (QED) is 0.274. The molecule has 1 saturated heterocycles. The lowest BCUT2D eigenvalue weighted by molar-refractivity contribution is -0.149. The van der Waals surface area contributed by atoms with Gasteiger partial charge in [0.25, 0.3) is 0 Å². The Morgan fingerprint density at radius 3 is 2.13 bits per heavy atom. The molecule has 1 aliphatic rings. The first-order valence-corrected chi connectivity index (χ1v) is 13.3. The van der Waals surface area contributed by atoms with Crippen LogP contribution in [0.5, 0.6) is 5.75 Å². The highest BCUT2D eigenvalue weighted by atomic mass is 16.4. The van der Waals surface area contributed by atoms with Gasteiger partial charge in [0.15, 0.2) is 0 Å². The summed E-state index contributed by atoms with van der Waals surface area (Å²) < 4.78 is 0. The molecule has 0 radical (unpaired) electrons. The van der Waals surface area contributed by atoms with Gasteiger partial charge in [-0.05, 0) is 48.4 Å². The smallest absolute Gasteiger partial charge is 0.326 e. The van der Waals surface area contributed by atoms with E-state index in [9.17, 15) is 29.4 Å². The van der Waals surface area contributed by atoms with E-state index in [-0.39, 0.29) is 31.1 Å². The number of rotatable bonds is 12. The number of amides is 3. The second-order valence-corrected chi connectivity index (χ2v) is 10.4. The van der Waals surface area contributed by atoms with Crippen LogP contribution in [0.1, 0.15) is 44.2 Å². The molecule has 0 spiro atoms. The van der Waals surface area contributed by atoms with Crippen molar-refractivity contribution in [3.8, 4) is 5.75 Å². The van der Waals surface area contributed by atoms with Gasteiger partial charge >= 0.3 is 5.97 Å². The van der Waals surface area contributed by atoms with Gasteiger partial charge in [-0.1, -0.05) is 56.3 Å². The molecule has 2 aromatic carbocycles. The van der Waals surface area contributed by atoms with Gasteiger partial charge in [0.05, 0.1) is 6.04 Å². The van der Waals surface area contributed by atoms with Crippen LogP contribution in [0, 0.1) is 5.92 Å². The van der Waals surface area contributed by atoms with Crippen LogP contribution in [-0.4, -0.2) is 69.5 Å². The first kappa shape index (κ1) is 29.6. The molecule has 210 valence electrons. The summed E-state index contributed by atoms with van der Waals surface area (Å²) in [6.45, 7) is 4.17. The Morgan fingerprint density at radius 1 is 0.923 bits per heavy atom. The summed E-state index contributed by atoms with van der Waals surface area (Å²) in [7, 11) is 0. The summed E-state index contributed by atoms with van der Waals surface area (Å²) in [6, 6.07) is 11.5. The van der Waals surface area contributed by atoms with Crippen LogP contribution < -0.4 is 16.4 Å². The number of hydrogen-bond donors (Lipinski definition) is 5. The molecule has 39 heavy (non-hydrogen) atoms. The number of aliphatic carboxylic acids is 1. The highest BCUT2D eigenvalue weighted by molar-refractivity contribution is 5.94. The number of hydrogen-bond acceptors (Lipinski definition) is 6. The summed E-state index contributed by atoms with van der Waals surface area (Å²) in [4.78, 5) is 53.1. The van der Waals surface area contributed by atoms with Crippen LogP contribution >= 0.6 is 0 Å². The second-order valence-electron chi connectivity index (χ2n) is 10.4. The van der Waals surface area contributed by atoms with E-state index in [0.717, 1.165) is 5.56 Å². The number of nitrogens with two attached hydrogens (primary N) is 1. The third-order valence-electron chi connectivity index (χ3n) is 6.79. The fourth-order valence-corrected chi connectivity index (χ4v) is 4.78. The first-order chi connectivity index (χ1) is 18.5. The minimum Gasteiger partial charge on any atom is -0.508 e. The molecule has 4 atom stereocenters. The predicted octanol–water partition coefficient (Wildman–Crippen LogP) is 1.60. The van der Waals surface area contributed by atoms with E-state index in [1.165, 1.54) is 17.0 Å². The zero-order chi connectivity index (χ0) is 28.5. The van der Waals surface area contributed by atoms with Crippen molar-refractivity contribution >= 4 is 23.7 Å². The number of carboxylic acids is 1. The van der Waals surface area contributed by atoms with Crippen LogP contribution in [0.3, 0.4) is 0 Å². The Kier molecular flexibility index (Phi) is 10.4. The molecule has 10 nitrogen and oxygen atoms in total. The number of nitrogens with zero attached hydrogens (tertiary/aromatic N) is 1. The lowest BCUT2D eigenvalue weighted by Gasteiger charge is -2.29. The van der Waals surface area contributed by atoms with Crippen molar-refractivity contribution in [3.05, 3.63) is 65.7 Å². The van der Waals surface area contributed by atoms with Gasteiger partial charge in [0.1, 0.15) is 23.9 Å². The third kappa shape index (κ3) is 8.54. The van der Waals surface area contributed by atoms with E-state index < -0.39 is 47.9 Å². The summed E-state index contributed by atoms with van der Waals surface area (Å²) >= 11 is 0. The maximum atomic E-state index is 13.6. The van der Waals surface area contributed by atoms with Gasteiger partial charge < -0.3 is 31.5 Å². The number of aromatic hydroxyl groups is 1. The largest absolute Gasteiger partial charge is 0.508 e. The Morgan fingerprint density at radius 2 is 1.51 bits per heavy atom. The van der Waals surface area contributed by atoms with Crippen LogP contribution in [0.15, 0.2) is 54.6 Å². The van der Waals surface area contributed by atoms with Gasteiger partial charge in [0.2, 0.25) is 17.7 Å². The average molecular weight is 539 g/mol.